The molecule has 0 aliphatic carbocycles. The van der Waals surface area contributed by atoms with Gasteiger partial charge in [0.15, 0.2) is 5.78 Å². The molecule has 2 aliphatic rings. The van der Waals surface area contributed by atoms with Gasteiger partial charge in [-0.05, 0) is 23.8 Å². The predicted octanol–water partition coefficient (Wildman–Crippen LogP) is 2.22. The van der Waals surface area contributed by atoms with Gasteiger partial charge < -0.3 is 14.4 Å². The fraction of sp³-hybridized carbons (Fsp3) is 0.421. The average Bonchev–Trinajstić information content (AvgIpc) is 2.59. The molecule has 0 saturated carbocycles. The molecule has 1 aromatic rings. The topological polar surface area (TPSA) is 72.9 Å². The van der Waals surface area contributed by atoms with Crippen LogP contribution >= 0.6 is 0 Å². The van der Waals surface area contributed by atoms with E-state index < -0.39 is 11.6 Å². The molecule has 2 aliphatic heterocycles. The molecule has 2 heterocycles. The molecule has 1 fully saturated rings. The molecule has 0 unspecified atom stereocenters. The number of benzene rings is 1. The van der Waals surface area contributed by atoms with Crippen LogP contribution in [0.5, 0.6) is 5.75 Å². The van der Waals surface area contributed by atoms with Crippen LogP contribution in [0.15, 0.2) is 24.3 Å². The van der Waals surface area contributed by atoms with Gasteiger partial charge in [0, 0.05) is 38.9 Å². The van der Waals surface area contributed by atoms with E-state index in [0.717, 1.165) is 5.56 Å². The summed E-state index contributed by atoms with van der Waals surface area (Å²) in [6, 6.07) is 5.27. The number of Topliss-reactive ketones (excluding diaryl/α,β-unsaturated/α-hetero) is 1. The number of likely N-dealkylation sites (tertiary alicyclic amines) is 1. The minimum absolute atomic E-state index is 0.0487. The quantitative estimate of drug-likeness (QED) is 0.608. The Morgan fingerprint density at radius 3 is 2.64 bits per heavy atom. The number of rotatable bonds is 2. The van der Waals surface area contributed by atoms with Crippen molar-refractivity contribution < 1.29 is 23.9 Å². The van der Waals surface area contributed by atoms with Crippen LogP contribution in [0.4, 0.5) is 0 Å². The number of fused-ring (bicyclic) bond motifs is 1. The predicted molar refractivity (Wildman–Crippen MR) is 91.3 cm³/mol. The van der Waals surface area contributed by atoms with Gasteiger partial charge in [0.25, 0.3) is 0 Å². The van der Waals surface area contributed by atoms with E-state index >= 15 is 0 Å². The monoisotopic (exact) mass is 343 g/mol. The zero-order valence-corrected chi connectivity index (χ0v) is 14.4. The maximum absolute atomic E-state index is 12.5. The van der Waals surface area contributed by atoms with Crippen molar-refractivity contribution in [2.75, 3.05) is 20.2 Å². The molecule has 0 bridgehead atoms. The first-order valence-corrected chi connectivity index (χ1v) is 8.30. The molecule has 1 amide bonds. The van der Waals surface area contributed by atoms with E-state index in [1.54, 1.807) is 36.1 Å². The van der Waals surface area contributed by atoms with E-state index in [-0.39, 0.29) is 11.7 Å². The van der Waals surface area contributed by atoms with Crippen LogP contribution in [0.2, 0.25) is 0 Å². The summed E-state index contributed by atoms with van der Waals surface area (Å²) in [4.78, 5) is 37.1. The lowest BCUT2D eigenvalue weighted by atomic mass is 9.82. The van der Waals surface area contributed by atoms with Crippen LogP contribution in [-0.2, 0) is 14.3 Å². The summed E-state index contributed by atoms with van der Waals surface area (Å²) >= 11 is 0. The minimum Gasteiger partial charge on any atom is -0.486 e. The highest BCUT2D eigenvalue weighted by Gasteiger charge is 2.43. The number of ketones is 1. The van der Waals surface area contributed by atoms with Gasteiger partial charge in [-0.15, -0.1) is 0 Å². The number of ether oxygens (including phenoxy) is 2. The number of hydrogen-bond acceptors (Lipinski definition) is 5. The third kappa shape index (κ3) is 3.57. The van der Waals surface area contributed by atoms with Crippen molar-refractivity contribution in [3.05, 3.63) is 35.4 Å². The molecule has 0 aromatic heterocycles. The Morgan fingerprint density at radius 1 is 1.28 bits per heavy atom. The van der Waals surface area contributed by atoms with Gasteiger partial charge in [-0.1, -0.05) is 6.07 Å². The number of methoxy groups -OCH3 is 1. The summed E-state index contributed by atoms with van der Waals surface area (Å²) in [6.45, 7) is 2.75. The first kappa shape index (κ1) is 17.2. The highest BCUT2D eigenvalue weighted by atomic mass is 16.5. The Morgan fingerprint density at radius 2 is 2.00 bits per heavy atom. The first-order chi connectivity index (χ1) is 11.9. The number of hydrogen-bond donors (Lipinski definition) is 0. The second-order valence-corrected chi connectivity index (χ2v) is 6.50. The minimum atomic E-state index is -0.541. The fourth-order valence-electron chi connectivity index (χ4n) is 3.35. The summed E-state index contributed by atoms with van der Waals surface area (Å²) in [5, 5.41) is 0. The van der Waals surface area contributed by atoms with E-state index in [2.05, 4.69) is 4.74 Å². The Bertz CT molecular complexity index is 744. The average molecular weight is 343 g/mol. The SMILES string of the molecule is COC(=O)C=Cc1ccc2c(c1)OC1(CCN(C(C)=O)CC1)CC2=O. The molecule has 1 aromatic carbocycles. The lowest BCUT2D eigenvalue weighted by Gasteiger charge is -2.43. The van der Waals surface area contributed by atoms with Gasteiger partial charge in [-0.2, -0.15) is 0 Å². The molecule has 1 spiro atoms. The molecular formula is C19H21NO5. The molecule has 25 heavy (non-hydrogen) atoms. The fourth-order valence-corrected chi connectivity index (χ4v) is 3.35. The molecule has 6 nitrogen and oxygen atoms in total. The Hall–Kier alpha value is -2.63. The smallest absolute Gasteiger partial charge is 0.330 e. The van der Waals surface area contributed by atoms with E-state index in [1.807, 2.05) is 0 Å². The van der Waals surface area contributed by atoms with Crippen LogP contribution in [0, 0.1) is 0 Å². The zero-order valence-electron chi connectivity index (χ0n) is 14.4. The number of esters is 1. The summed E-state index contributed by atoms with van der Waals surface area (Å²) < 4.78 is 10.8. The summed E-state index contributed by atoms with van der Waals surface area (Å²) in [5.41, 5.74) is 0.783. The Labute approximate surface area is 146 Å². The van der Waals surface area contributed by atoms with Gasteiger partial charge in [0.05, 0.1) is 19.1 Å². The third-order valence-electron chi connectivity index (χ3n) is 4.85. The molecule has 6 heteroatoms. The van der Waals surface area contributed by atoms with Gasteiger partial charge >= 0.3 is 5.97 Å². The van der Waals surface area contributed by atoms with E-state index in [1.165, 1.54) is 13.2 Å². The Kier molecular flexibility index (Phi) is 4.61. The summed E-state index contributed by atoms with van der Waals surface area (Å²) in [6.07, 6.45) is 4.57. The largest absolute Gasteiger partial charge is 0.486 e. The third-order valence-corrected chi connectivity index (χ3v) is 4.85. The molecule has 0 N–H and O–H groups in total. The maximum atomic E-state index is 12.5. The van der Waals surface area contributed by atoms with E-state index in [4.69, 9.17) is 4.74 Å². The molecule has 1 saturated heterocycles. The normalized spacial score (nSPS) is 18.8. The van der Waals surface area contributed by atoms with Gasteiger partial charge in [0.1, 0.15) is 11.4 Å². The van der Waals surface area contributed by atoms with Crippen molar-refractivity contribution in [3.8, 4) is 5.75 Å². The molecule has 132 valence electrons. The summed E-state index contributed by atoms with van der Waals surface area (Å²) in [7, 11) is 1.32. The number of carbonyl (C=O) groups is 3. The van der Waals surface area contributed by atoms with Crippen molar-refractivity contribution in [2.45, 2.75) is 31.8 Å². The van der Waals surface area contributed by atoms with Crippen LogP contribution in [0.3, 0.4) is 0 Å². The number of nitrogens with zero attached hydrogens (tertiary/aromatic N) is 1. The van der Waals surface area contributed by atoms with Crippen molar-refractivity contribution in [1.29, 1.82) is 0 Å². The first-order valence-electron chi connectivity index (χ1n) is 8.30. The van der Waals surface area contributed by atoms with Crippen molar-refractivity contribution in [2.24, 2.45) is 0 Å². The van der Waals surface area contributed by atoms with Crippen molar-refractivity contribution >= 4 is 23.7 Å². The highest BCUT2D eigenvalue weighted by Crippen LogP contribution is 2.39. The van der Waals surface area contributed by atoms with Crippen LogP contribution in [-0.4, -0.2) is 48.4 Å². The second-order valence-electron chi connectivity index (χ2n) is 6.50. The summed E-state index contributed by atoms with van der Waals surface area (Å²) in [5.74, 6) is 0.205. The number of amides is 1. The van der Waals surface area contributed by atoms with E-state index in [0.29, 0.717) is 43.7 Å². The van der Waals surface area contributed by atoms with Crippen molar-refractivity contribution in [1.82, 2.24) is 4.90 Å². The number of piperidine rings is 1. The molecule has 0 radical (unpaired) electrons. The van der Waals surface area contributed by atoms with Gasteiger partial charge in [0.2, 0.25) is 5.91 Å². The van der Waals surface area contributed by atoms with E-state index in [9.17, 15) is 14.4 Å². The lowest BCUT2D eigenvalue weighted by Crippen LogP contribution is -2.51. The molecular weight excluding hydrogens is 322 g/mol. The van der Waals surface area contributed by atoms with Crippen LogP contribution in [0.1, 0.15) is 42.1 Å². The lowest BCUT2D eigenvalue weighted by molar-refractivity contribution is -0.135. The van der Waals surface area contributed by atoms with Gasteiger partial charge in [-0.25, -0.2) is 4.79 Å². The molecule has 0 atom stereocenters. The van der Waals surface area contributed by atoms with Crippen LogP contribution < -0.4 is 4.74 Å². The van der Waals surface area contributed by atoms with Crippen LogP contribution in [0.25, 0.3) is 6.08 Å². The van der Waals surface area contributed by atoms with Crippen molar-refractivity contribution in [3.63, 3.8) is 0 Å². The number of carbonyl (C=O) groups excluding carboxylic acids is 3. The second kappa shape index (κ2) is 6.70. The molecule has 3 rings (SSSR count). The standard InChI is InChI=1S/C19H21NO5/c1-13(21)20-9-7-19(8-10-20)12-16(22)15-5-3-14(11-17(15)25-19)4-6-18(23)24-2/h3-6,11H,7-10,12H2,1-2H3. The zero-order chi connectivity index (χ0) is 18.0. The van der Waals surface area contributed by atoms with Gasteiger partial charge in [-0.3, -0.25) is 9.59 Å². The maximum Gasteiger partial charge on any atom is 0.330 e. The highest BCUT2D eigenvalue weighted by molar-refractivity contribution is 6.00. The Balaban J connectivity index is 1.81.